The van der Waals surface area contributed by atoms with Crippen LogP contribution in [0, 0.1) is 13.8 Å². The molecule has 1 amide bonds. The molecule has 0 spiro atoms. The summed E-state index contributed by atoms with van der Waals surface area (Å²) < 4.78 is 18.7. The number of hydrogen-bond acceptors (Lipinski definition) is 6. The number of fused-ring (bicyclic) bond motifs is 1. The molecular weight excluding hydrogens is 538 g/mol. The molecule has 4 heterocycles. The van der Waals surface area contributed by atoms with Crippen molar-refractivity contribution < 1.29 is 19.0 Å². The van der Waals surface area contributed by atoms with E-state index in [0.29, 0.717) is 23.1 Å². The summed E-state index contributed by atoms with van der Waals surface area (Å²) in [6.45, 7) is 4.84. The fourth-order valence-corrected chi connectivity index (χ4v) is 6.01. The number of carbonyl (C=O) groups is 1. The first kappa shape index (κ1) is 26.6. The van der Waals surface area contributed by atoms with Crippen LogP contribution in [0.3, 0.4) is 0 Å². The van der Waals surface area contributed by atoms with Crippen LogP contribution in [0.5, 0.6) is 17.2 Å². The SMILES string of the molecule is COc1ccccc1NC(=O)CCN1C(=S)N[C@@H](c2ccccn2)[C@@H]1c1cc(C)n(-c2ccc3c(c2)OCO3)c1C. The van der Waals surface area contributed by atoms with Gasteiger partial charge in [-0.25, -0.2) is 0 Å². The Morgan fingerprint density at radius 3 is 2.71 bits per heavy atom. The van der Waals surface area contributed by atoms with Gasteiger partial charge in [0.25, 0.3) is 0 Å². The molecule has 2 atom stereocenters. The topological polar surface area (TPSA) is 89.9 Å². The van der Waals surface area contributed by atoms with Gasteiger partial charge in [-0.1, -0.05) is 18.2 Å². The summed E-state index contributed by atoms with van der Waals surface area (Å²) in [5.74, 6) is 1.97. The fourth-order valence-electron chi connectivity index (χ4n) is 5.68. The van der Waals surface area contributed by atoms with Gasteiger partial charge in [0.15, 0.2) is 16.6 Å². The van der Waals surface area contributed by atoms with E-state index in [1.807, 2.05) is 60.7 Å². The van der Waals surface area contributed by atoms with Crippen molar-refractivity contribution in [1.29, 1.82) is 0 Å². The molecule has 2 N–H and O–H groups in total. The number of hydrogen-bond donors (Lipinski definition) is 2. The molecule has 10 heteroatoms. The van der Waals surface area contributed by atoms with E-state index in [-0.39, 0.29) is 31.2 Å². The van der Waals surface area contributed by atoms with Crippen LogP contribution in [-0.2, 0) is 4.79 Å². The molecule has 4 aromatic rings. The second kappa shape index (κ2) is 11.1. The van der Waals surface area contributed by atoms with Crippen LogP contribution in [0.1, 0.15) is 41.1 Å². The molecule has 2 aromatic carbocycles. The minimum atomic E-state index is -0.188. The lowest BCUT2D eigenvalue weighted by Gasteiger charge is -2.28. The van der Waals surface area contributed by atoms with Crippen molar-refractivity contribution in [3.05, 3.63) is 95.6 Å². The zero-order valence-corrected chi connectivity index (χ0v) is 23.9. The predicted octanol–water partition coefficient (Wildman–Crippen LogP) is 5.23. The number of rotatable bonds is 8. The van der Waals surface area contributed by atoms with E-state index in [2.05, 4.69) is 45.0 Å². The first-order valence-electron chi connectivity index (χ1n) is 13.4. The summed E-state index contributed by atoms with van der Waals surface area (Å²) in [5.41, 5.74) is 5.76. The highest BCUT2D eigenvalue weighted by Gasteiger charge is 2.41. The van der Waals surface area contributed by atoms with Crippen molar-refractivity contribution in [2.75, 3.05) is 25.8 Å². The number of methoxy groups -OCH3 is 1. The molecule has 2 aliphatic heterocycles. The Balaban J connectivity index is 1.32. The van der Waals surface area contributed by atoms with Crippen LogP contribution in [0.25, 0.3) is 5.69 Å². The zero-order chi connectivity index (χ0) is 28.5. The molecule has 2 aromatic heterocycles. The molecule has 1 fully saturated rings. The molecule has 41 heavy (non-hydrogen) atoms. The number of nitrogens with zero attached hydrogens (tertiary/aromatic N) is 3. The monoisotopic (exact) mass is 569 g/mol. The smallest absolute Gasteiger partial charge is 0.231 e. The Hall–Kier alpha value is -4.57. The van der Waals surface area contributed by atoms with Crippen LogP contribution < -0.4 is 24.8 Å². The molecule has 6 rings (SSSR count). The van der Waals surface area contributed by atoms with Gasteiger partial charge in [-0.15, -0.1) is 0 Å². The van der Waals surface area contributed by atoms with Gasteiger partial charge in [0.05, 0.1) is 30.6 Å². The summed E-state index contributed by atoms with van der Waals surface area (Å²) in [7, 11) is 1.59. The van der Waals surface area contributed by atoms with E-state index in [9.17, 15) is 4.79 Å². The number of nitrogens with one attached hydrogen (secondary N) is 2. The third-order valence-electron chi connectivity index (χ3n) is 7.56. The summed E-state index contributed by atoms with van der Waals surface area (Å²) in [6, 6.07) is 21.0. The third kappa shape index (κ3) is 5.06. The highest BCUT2D eigenvalue weighted by molar-refractivity contribution is 7.80. The van der Waals surface area contributed by atoms with Gasteiger partial charge >= 0.3 is 0 Å². The Morgan fingerprint density at radius 2 is 1.90 bits per heavy atom. The number of amides is 1. The number of ether oxygens (including phenoxy) is 3. The molecule has 0 saturated carbocycles. The lowest BCUT2D eigenvalue weighted by atomic mass is 9.96. The van der Waals surface area contributed by atoms with E-state index >= 15 is 0 Å². The maximum Gasteiger partial charge on any atom is 0.231 e. The lowest BCUT2D eigenvalue weighted by molar-refractivity contribution is -0.116. The van der Waals surface area contributed by atoms with Crippen LogP contribution in [0.2, 0.25) is 0 Å². The Kier molecular flexibility index (Phi) is 7.23. The quantitative estimate of drug-likeness (QED) is 0.279. The lowest BCUT2D eigenvalue weighted by Crippen LogP contribution is -2.33. The van der Waals surface area contributed by atoms with Crippen LogP contribution in [0.4, 0.5) is 5.69 Å². The molecule has 2 aliphatic rings. The molecule has 1 saturated heterocycles. The van der Waals surface area contributed by atoms with Crippen molar-refractivity contribution in [3.63, 3.8) is 0 Å². The predicted molar refractivity (Wildman–Crippen MR) is 160 cm³/mol. The van der Waals surface area contributed by atoms with Crippen LogP contribution in [-0.4, -0.2) is 45.9 Å². The summed E-state index contributed by atoms with van der Waals surface area (Å²) >= 11 is 5.84. The Bertz CT molecular complexity index is 1610. The number of anilines is 1. The number of pyridine rings is 1. The van der Waals surface area contributed by atoms with Crippen molar-refractivity contribution in [2.24, 2.45) is 0 Å². The number of carbonyl (C=O) groups excluding carboxylic acids is 1. The first-order valence-corrected chi connectivity index (χ1v) is 13.8. The van der Waals surface area contributed by atoms with Crippen molar-refractivity contribution >= 4 is 28.9 Å². The van der Waals surface area contributed by atoms with Gasteiger partial charge in [-0.05, 0) is 74.1 Å². The standard InChI is InChI=1S/C31H31N5O4S/c1-19-16-22(20(2)36(19)21-11-12-26-27(17-21)40-18-39-26)30-29(24-9-6-7-14-32-24)34-31(41)35(30)15-13-28(37)33-23-8-4-5-10-25(23)38-3/h4-12,14,16-17,29-30H,13,15,18H2,1-3H3,(H,33,37)(H,34,41)/t29-,30-/m0/s1. The second-order valence-electron chi connectivity index (χ2n) is 10.0. The molecule has 0 bridgehead atoms. The number of benzene rings is 2. The summed E-state index contributed by atoms with van der Waals surface area (Å²) in [6.07, 6.45) is 2.03. The molecule has 0 radical (unpaired) electrons. The number of aryl methyl sites for hydroxylation is 1. The molecule has 9 nitrogen and oxygen atoms in total. The van der Waals surface area contributed by atoms with Crippen LogP contribution >= 0.6 is 12.2 Å². The normalized spacial score (nSPS) is 17.4. The fraction of sp³-hybridized carbons (Fsp3) is 0.258. The van der Waals surface area contributed by atoms with Crippen LogP contribution in [0.15, 0.2) is 72.9 Å². The minimum Gasteiger partial charge on any atom is -0.495 e. The van der Waals surface area contributed by atoms with E-state index in [4.69, 9.17) is 26.4 Å². The number of para-hydroxylation sites is 2. The Morgan fingerprint density at radius 1 is 1.10 bits per heavy atom. The van der Waals surface area contributed by atoms with E-state index in [0.717, 1.165) is 39.8 Å². The van der Waals surface area contributed by atoms with Crippen molar-refractivity contribution in [3.8, 4) is 22.9 Å². The largest absolute Gasteiger partial charge is 0.495 e. The molecule has 210 valence electrons. The summed E-state index contributed by atoms with van der Waals surface area (Å²) in [4.78, 5) is 19.8. The number of aromatic nitrogens is 2. The highest BCUT2D eigenvalue weighted by atomic mass is 32.1. The van der Waals surface area contributed by atoms with Gasteiger partial charge in [0.2, 0.25) is 12.7 Å². The third-order valence-corrected chi connectivity index (χ3v) is 7.91. The molecular formula is C31H31N5O4S. The van der Waals surface area contributed by atoms with Gasteiger partial charge in [0.1, 0.15) is 5.75 Å². The van der Waals surface area contributed by atoms with Gasteiger partial charge in [0, 0.05) is 42.3 Å². The van der Waals surface area contributed by atoms with E-state index in [1.165, 1.54) is 0 Å². The van der Waals surface area contributed by atoms with Gasteiger partial charge in [-0.2, -0.15) is 0 Å². The average Bonchev–Trinajstić information content (AvgIpc) is 3.67. The average molecular weight is 570 g/mol. The number of thiocarbonyl (C=S) groups is 1. The Labute approximate surface area is 244 Å². The highest BCUT2D eigenvalue weighted by Crippen LogP contribution is 2.42. The second-order valence-corrected chi connectivity index (χ2v) is 10.4. The summed E-state index contributed by atoms with van der Waals surface area (Å²) in [5, 5.41) is 7.05. The maximum atomic E-state index is 13.0. The van der Waals surface area contributed by atoms with Crippen molar-refractivity contribution in [1.82, 2.24) is 19.8 Å². The van der Waals surface area contributed by atoms with Gasteiger partial charge in [-0.3, -0.25) is 9.78 Å². The van der Waals surface area contributed by atoms with Gasteiger partial charge < -0.3 is 34.3 Å². The first-order chi connectivity index (χ1) is 19.9. The van der Waals surface area contributed by atoms with E-state index in [1.54, 1.807) is 13.3 Å². The van der Waals surface area contributed by atoms with Crippen molar-refractivity contribution in [2.45, 2.75) is 32.4 Å². The molecule has 0 unspecified atom stereocenters. The molecule has 0 aliphatic carbocycles. The zero-order valence-electron chi connectivity index (χ0n) is 23.1. The van der Waals surface area contributed by atoms with E-state index < -0.39 is 0 Å². The minimum absolute atomic E-state index is 0.122. The maximum absolute atomic E-state index is 13.0.